The highest BCUT2D eigenvalue weighted by atomic mass is 79.9. The number of carbonyl (C=O) groups is 1. The Kier molecular flexibility index (Phi) is 4.17. The van der Waals surface area contributed by atoms with Gasteiger partial charge in [0.25, 0.3) is 6.43 Å². The first kappa shape index (κ1) is 12.8. The van der Waals surface area contributed by atoms with Crippen LogP contribution in [0.4, 0.5) is 8.78 Å². The fraction of sp³-hybridized carbons (Fsp3) is 0.333. The van der Waals surface area contributed by atoms with Gasteiger partial charge in [-0.2, -0.15) is 0 Å². The van der Waals surface area contributed by atoms with Gasteiger partial charge in [-0.25, -0.2) is 18.6 Å². The van der Waals surface area contributed by atoms with Gasteiger partial charge in [0, 0.05) is 0 Å². The van der Waals surface area contributed by atoms with Crippen molar-refractivity contribution in [1.82, 2.24) is 4.98 Å². The van der Waals surface area contributed by atoms with E-state index in [0.717, 1.165) is 6.07 Å². The molecule has 0 aliphatic rings. The molecule has 1 aromatic rings. The molecule has 0 atom stereocenters. The van der Waals surface area contributed by atoms with Crippen molar-refractivity contribution in [2.45, 2.75) is 13.3 Å². The zero-order chi connectivity index (χ0) is 12.3. The highest BCUT2D eigenvalue weighted by Crippen LogP contribution is 2.30. The van der Waals surface area contributed by atoms with Crippen molar-refractivity contribution in [2.24, 2.45) is 0 Å². The lowest BCUT2D eigenvalue weighted by molar-refractivity contribution is 0.0516. The average Bonchev–Trinajstić information content (AvgIpc) is 2.17. The Morgan fingerprint density at radius 3 is 2.81 bits per heavy atom. The van der Waals surface area contributed by atoms with Crippen molar-refractivity contribution >= 4 is 21.9 Å². The molecule has 1 rings (SSSR count). The van der Waals surface area contributed by atoms with Gasteiger partial charge in [-0.15, -0.1) is 0 Å². The van der Waals surface area contributed by atoms with Crippen LogP contribution >= 0.6 is 15.9 Å². The topological polar surface area (TPSA) is 59.4 Å². The third-order valence-corrected chi connectivity index (χ3v) is 2.26. The van der Waals surface area contributed by atoms with Crippen molar-refractivity contribution in [3.8, 4) is 5.75 Å². The number of hydrogen-bond donors (Lipinski definition) is 1. The molecule has 0 aliphatic heterocycles. The summed E-state index contributed by atoms with van der Waals surface area (Å²) in [6.07, 6.45) is -2.96. The van der Waals surface area contributed by atoms with E-state index in [9.17, 15) is 18.7 Å². The maximum atomic E-state index is 12.4. The van der Waals surface area contributed by atoms with Crippen LogP contribution in [0.5, 0.6) is 5.75 Å². The van der Waals surface area contributed by atoms with Crippen molar-refractivity contribution in [3.05, 3.63) is 21.9 Å². The second-order valence-electron chi connectivity index (χ2n) is 2.74. The Morgan fingerprint density at radius 2 is 2.31 bits per heavy atom. The zero-order valence-electron chi connectivity index (χ0n) is 8.21. The van der Waals surface area contributed by atoms with E-state index in [1.807, 2.05) is 0 Å². The minimum absolute atomic E-state index is 0.104. The van der Waals surface area contributed by atoms with E-state index in [2.05, 4.69) is 25.7 Å². The first-order valence-corrected chi connectivity index (χ1v) is 5.11. The van der Waals surface area contributed by atoms with Gasteiger partial charge in [-0.1, -0.05) is 0 Å². The molecule has 16 heavy (non-hydrogen) atoms. The largest absolute Gasteiger partial charge is 0.506 e. The Morgan fingerprint density at radius 1 is 1.69 bits per heavy atom. The van der Waals surface area contributed by atoms with Crippen molar-refractivity contribution in [2.75, 3.05) is 6.61 Å². The van der Waals surface area contributed by atoms with Crippen LogP contribution in [-0.4, -0.2) is 22.7 Å². The van der Waals surface area contributed by atoms with Gasteiger partial charge in [0.05, 0.1) is 11.1 Å². The van der Waals surface area contributed by atoms with Gasteiger partial charge < -0.3 is 9.84 Å². The van der Waals surface area contributed by atoms with Crippen LogP contribution < -0.4 is 0 Å². The second kappa shape index (κ2) is 5.20. The Labute approximate surface area is 98.4 Å². The lowest BCUT2D eigenvalue weighted by Crippen LogP contribution is -2.10. The number of carbonyl (C=O) groups excluding carboxylic acids is 1. The van der Waals surface area contributed by atoms with E-state index in [1.165, 1.54) is 0 Å². The van der Waals surface area contributed by atoms with Gasteiger partial charge in [0.1, 0.15) is 11.4 Å². The Bertz CT molecular complexity index is 412. The maximum absolute atomic E-state index is 12.4. The summed E-state index contributed by atoms with van der Waals surface area (Å²) >= 11 is 2.93. The van der Waals surface area contributed by atoms with Crippen molar-refractivity contribution < 1.29 is 23.4 Å². The Hall–Kier alpha value is -1.24. The van der Waals surface area contributed by atoms with E-state index in [1.54, 1.807) is 6.92 Å². The van der Waals surface area contributed by atoms with E-state index in [4.69, 9.17) is 0 Å². The lowest BCUT2D eigenvalue weighted by atomic mass is 10.3. The highest BCUT2D eigenvalue weighted by molar-refractivity contribution is 9.10. The third kappa shape index (κ3) is 2.66. The molecule has 0 aromatic carbocycles. The van der Waals surface area contributed by atoms with Crippen molar-refractivity contribution in [1.29, 1.82) is 0 Å². The van der Waals surface area contributed by atoms with E-state index in [0.29, 0.717) is 0 Å². The number of alkyl halides is 2. The second-order valence-corrected chi connectivity index (χ2v) is 3.60. The van der Waals surface area contributed by atoms with Gasteiger partial charge >= 0.3 is 5.97 Å². The summed E-state index contributed by atoms with van der Waals surface area (Å²) in [5, 5.41) is 9.17. The molecule has 0 spiro atoms. The molecule has 0 saturated heterocycles. The van der Waals surface area contributed by atoms with E-state index in [-0.39, 0.29) is 16.8 Å². The molecule has 0 fully saturated rings. The number of pyridine rings is 1. The predicted molar refractivity (Wildman–Crippen MR) is 54.5 cm³/mol. The van der Waals surface area contributed by atoms with Gasteiger partial charge in [0.2, 0.25) is 0 Å². The summed E-state index contributed by atoms with van der Waals surface area (Å²) in [6.45, 7) is 1.69. The molecule has 0 saturated carbocycles. The van der Waals surface area contributed by atoms with E-state index < -0.39 is 23.8 Å². The lowest BCUT2D eigenvalue weighted by Gasteiger charge is -2.07. The van der Waals surface area contributed by atoms with Crippen LogP contribution in [0.3, 0.4) is 0 Å². The summed E-state index contributed by atoms with van der Waals surface area (Å²) < 4.78 is 29.5. The number of ether oxygens (including phenoxy) is 1. The molecule has 1 N–H and O–H groups in total. The summed E-state index contributed by atoms with van der Waals surface area (Å²) in [4.78, 5) is 14.7. The minimum Gasteiger partial charge on any atom is -0.506 e. The summed E-state index contributed by atoms with van der Waals surface area (Å²) in [7, 11) is 0. The first-order chi connectivity index (χ1) is 7.47. The molecule has 0 amide bonds. The number of aromatic nitrogens is 1. The molecule has 88 valence electrons. The van der Waals surface area contributed by atoms with Gasteiger partial charge in [-0.3, -0.25) is 0 Å². The highest BCUT2D eigenvalue weighted by Gasteiger charge is 2.21. The van der Waals surface area contributed by atoms with Crippen LogP contribution in [0.1, 0.15) is 29.5 Å². The first-order valence-electron chi connectivity index (χ1n) is 4.32. The number of hydrogen-bond acceptors (Lipinski definition) is 4. The summed E-state index contributed by atoms with van der Waals surface area (Å²) in [5.74, 6) is -1.49. The fourth-order valence-corrected chi connectivity index (χ4v) is 1.46. The predicted octanol–water partition coefficient (Wildman–Crippen LogP) is 2.66. The summed E-state index contributed by atoms with van der Waals surface area (Å²) in [6, 6.07) is 0.987. The van der Waals surface area contributed by atoms with Gasteiger partial charge in [-0.05, 0) is 28.9 Å². The standard InChI is InChI=1S/C9H8BrF2NO3/c1-2-16-9(15)6-4(10)3-5(14)7(13-6)8(11)12/h3,8,14H,2H2,1H3. The van der Waals surface area contributed by atoms with Crippen LogP contribution in [0.25, 0.3) is 0 Å². The summed E-state index contributed by atoms with van der Waals surface area (Å²) in [5.41, 5.74) is -1.12. The maximum Gasteiger partial charge on any atom is 0.358 e. The van der Waals surface area contributed by atoms with Crippen LogP contribution in [0.2, 0.25) is 0 Å². The SMILES string of the molecule is CCOC(=O)c1nc(C(F)F)c(O)cc1Br. The number of nitrogens with zero attached hydrogens (tertiary/aromatic N) is 1. The Balaban J connectivity index is 3.19. The quantitative estimate of drug-likeness (QED) is 0.871. The van der Waals surface area contributed by atoms with E-state index >= 15 is 0 Å². The molecule has 0 bridgehead atoms. The molecule has 0 radical (unpaired) electrons. The molecular weight excluding hydrogens is 288 g/mol. The molecule has 4 nitrogen and oxygen atoms in total. The number of halogens is 3. The van der Waals surface area contributed by atoms with Crippen molar-refractivity contribution in [3.63, 3.8) is 0 Å². The van der Waals surface area contributed by atoms with Crippen LogP contribution in [0.15, 0.2) is 10.5 Å². The van der Waals surface area contributed by atoms with Crippen LogP contribution in [-0.2, 0) is 4.74 Å². The number of aromatic hydroxyl groups is 1. The smallest absolute Gasteiger partial charge is 0.358 e. The molecule has 1 heterocycles. The average molecular weight is 296 g/mol. The van der Waals surface area contributed by atoms with Gasteiger partial charge in [0.15, 0.2) is 5.69 Å². The van der Waals surface area contributed by atoms with Crippen LogP contribution in [0, 0.1) is 0 Å². The normalized spacial score (nSPS) is 10.6. The molecule has 7 heteroatoms. The zero-order valence-corrected chi connectivity index (χ0v) is 9.79. The minimum atomic E-state index is -2.96. The molecule has 1 aromatic heterocycles. The molecule has 0 unspecified atom stereocenters. The monoisotopic (exact) mass is 295 g/mol. The molecule has 0 aliphatic carbocycles. The fourth-order valence-electron chi connectivity index (χ4n) is 0.997. The number of esters is 1. The third-order valence-electron chi connectivity index (χ3n) is 1.66. The molecular formula is C9H8BrF2NO3. The number of rotatable bonds is 3.